The van der Waals surface area contributed by atoms with Gasteiger partial charge in [-0.2, -0.15) is 4.98 Å². The molecule has 0 fully saturated rings. The van der Waals surface area contributed by atoms with E-state index < -0.39 is 5.60 Å². The molecule has 4 aromatic rings. The van der Waals surface area contributed by atoms with Gasteiger partial charge >= 0.3 is 0 Å². The minimum Gasteiger partial charge on any atom is -0.371 e. The number of nitrogens with zero attached hydrogens (tertiary/aromatic N) is 4. The van der Waals surface area contributed by atoms with E-state index in [1.165, 1.54) is 11.3 Å². The second-order valence-corrected chi connectivity index (χ2v) is 6.80. The predicted molar refractivity (Wildman–Crippen MR) is 102 cm³/mol. The molecule has 0 amide bonds. The van der Waals surface area contributed by atoms with E-state index in [4.69, 9.17) is 5.73 Å². The lowest BCUT2D eigenvalue weighted by Gasteiger charge is -2.12. The van der Waals surface area contributed by atoms with Crippen LogP contribution in [0.3, 0.4) is 0 Å². The molecule has 4 rings (SSSR count). The summed E-state index contributed by atoms with van der Waals surface area (Å²) in [4.78, 5) is 12.5. The molecule has 1 aromatic carbocycles. The Morgan fingerprint density at radius 2 is 2.15 bits per heavy atom. The third-order valence-corrected chi connectivity index (χ3v) is 4.85. The molecule has 3 N–H and O–H groups in total. The first-order valence-corrected chi connectivity index (χ1v) is 8.76. The summed E-state index contributed by atoms with van der Waals surface area (Å²) in [5, 5.41) is 13.8. The fraction of sp³-hybridized carbons (Fsp3) is 0.105. The van der Waals surface area contributed by atoms with E-state index >= 15 is 0 Å². The molecule has 0 aliphatic heterocycles. The van der Waals surface area contributed by atoms with Gasteiger partial charge in [0.05, 0.1) is 0 Å². The lowest BCUT2D eigenvalue weighted by molar-refractivity contribution is 0.122. The first-order chi connectivity index (χ1) is 12.5. The number of anilines is 1. The minimum absolute atomic E-state index is 0.230. The van der Waals surface area contributed by atoms with Gasteiger partial charge in [-0.05, 0) is 31.2 Å². The molecular weight excluding hydrogens is 346 g/mol. The van der Waals surface area contributed by atoms with E-state index in [1.54, 1.807) is 19.3 Å². The number of hydrogen-bond donors (Lipinski definition) is 2. The number of fused-ring (bicyclic) bond motifs is 1. The van der Waals surface area contributed by atoms with Crippen LogP contribution in [-0.2, 0) is 5.60 Å². The van der Waals surface area contributed by atoms with Crippen LogP contribution in [0, 0.1) is 11.8 Å². The number of benzene rings is 1. The van der Waals surface area contributed by atoms with Gasteiger partial charge in [-0.25, -0.2) is 9.97 Å². The van der Waals surface area contributed by atoms with Crippen molar-refractivity contribution in [2.24, 2.45) is 0 Å². The summed E-state index contributed by atoms with van der Waals surface area (Å²) in [6.07, 6.45) is 5.27. The van der Waals surface area contributed by atoms with E-state index in [2.05, 4.69) is 26.8 Å². The third kappa shape index (κ3) is 3.04. The molecule has 3 heterocycles. The molecule has 26 heavy (non-hydrogen) atoms. The Labute approximate surface area is 154 Å². The van der Waals surface area contributed by atoms with Gasteiger partial charge in [0.2, 0.25) is 5.95 Å². The third-order valence-electron chi connectivity index (χ3n) is 3.87. The van der Waals surface area contributed by atoms with Crippen molar-refractivity contribution in [2.75, 3.05) is 5.73 Å². The first kappa shape index (κ1) is 16.3. The number of aliphatic hydroxyl groups is 1. The molecule has 1 unspecified atom stereocenters. The summed E-state index contributed by atoms with van der Waals surface area (Å²) in [5.41, 5.74) is 6.84. The number of nitrogens with two attached hydrogens (primary N) is 1. The molecule has 1 atom stereocenters. The highest BCUT2D eigenvalue weighted by Crippen LogP contribution is 2.22. The highest BCUT2D eigenvalue weighted by atomic mass is 32.1. The Morgan fingerprint density at radius 1 is 1.27 bits per heavy atom. The maximum Gasteiger partial charge on any atom is 0.221 e. The quantitative estimate of drug-likeness (QED) is 0.536. The van der Waals surface area contributed by atoms with Crippen molar-refractivity contribution >= 4 is 28.3 Å². The van der Waals surface area contributed by atoms with Crippen LogP contribution in [-0.4, -0.2) is 24.6 Å². The van der Waals surface area contributed by atoms with Gasteiger partial charge in [0.1, 0.15) is 10.7 Å². The summed E-state index contributed by atoms with van der Waals surface area (Å²) in [6, 6.07) is 9.63. The first-order valence-electron chi connectivity index (χ1n) is 7.88. The fourth-order valence-electron chi connectivity index (χ4n) is 2.58. The zero-order valence-corrected chi connectivity index (χ0v) is 14.7. The smallest absolute Gasteiger partial charge is 0.221 e. The topological polar surface area (TPSA) is 89.8 Å². The van der Waals surface area contributed by atoms with Crippen molar-refractivity contribution in [3.8, 4) is 17.5 Å². The van der Waals surface area contributed by atoms with Gasteiger partial charge in [0.15, 0.2) is 5.60 Å². The van der Waals surface area contributed by atoms with E-state index in [1.807, 2.05) is 46.5 Å². The summed E-state index contributed by atoms with van der Waals surface area (Å²) in [6.45, 7) is 1.64. The molecule has 6 nitrogen and oxygen atoms in total. The molecule has 0 saturated heterocycles. The van der Waals surface area contributed by atoms with E-state index in [-0.39, 0.29) is 5.95 Å². The van der Waals surface area contributed by atoms with Crippen LogP contribution in [0.2, 0.25) is 0 Å². The maximum atomic E-state index is 10.5. The summed E-state index contributed by atoms with van der Waals surface area (Å²) >= 11 is 1.38. The van der Waals surface area contributed by atoms with Crippen molar-refractivity contribution in [2.45, 2.75) is 12.5 Å². The molecule has 0 saturated carbocycles. The van der Waals surface area contributed by atoms with Crippen LogP contribution in [0.15, 0.2) is 54.3 Å². The van der Waals surface area contributed by atoms with E-state index in [9.17, 15) is 5.11 Å². The van der Waals surface area contributed by atoms with Gasteiger partial charge in [0.25, 0.3) is 0 Å². The summed E-state index contributed by atoms with van der Waals surface area (Å²) in [5.74, 6) is 6.16. The highest BCUT2D eigenvalue weighted by Gasteiger charge is 2.22. The van der Waals surface area contributed by atoms with Crippen LogP contribution in [0.4, 0.5) is 5.95 Å². The van der Waals surface area contributed by atoms with E-state index in [0.29, 0.717) is 5.01 Å². The van der Waals surface area contributed by atoms with Crippen molar-refractivity contribution in [1.82, 2.24) is 19.5 Å². The number of thiazole rings is 1. The Hall–Kier alpha value is -3.21. The number of hydrogen-bond acceptors (Lipinski definition) is 6. The molecule has 7 heteroatoms. The van der Waals surface area contributed by atoms with Gasteiger partial charge in [-0.3, -0.25) is 0 Å². The van der Waals surface area contributed by atoms with Gasteiger partial charge in [0, 0.05) is 40.6 Å². The average Bonchev–Trinajstić information content (AvgIpc) is 3.30. The van der Waals surface area contributed by atoms with Crippen molar-refractivity contribution in [3.05, 3.63) is 64.9 Å². The molecule has 0 spiro atoms. The second-order valence-electron chi connectivity index (χ2n) is 5.90. The lowest BCUT2D eigenvalue weighted by atomic mass is 10.1. The van der Waals surface area contributed by atoms with Crippen molar-refractivity contribution in [1.29, 1.82) is 0 Å². The zero-order chi connectivity index (χ0) is 18.1. The van der Waals surface area contributed by atoms with Crippen LogP contribution in [0.5, 0.6) is 0 Å². The fourth-order valence-corrected chi connectivity index (χ4v) is 3.24. The monoisotopic (exact) mass is 361 g/mol. The maximum absolute atomic E-state index is 10.5. The normalized spacial score (nSPS) is 13.2. The summed E-state index contributed by atoms with van der Waals surface area (Å²) in [7, 11) is 0. The number of nitrogen functional groups attached to an aromatic ring is 1. The molecule has 3 aromatic heterocycles. The summed E-state index contributed by atoms with van der Waals surface area (Å²) < 4.78 is 1.93. The average molecular weight is 361 g/mol. The Morgan fingerprint density at radius 3 is 2.96 bits per heavy atom. The van der Waals surface area contributed by atoms with Crippen LogP contribution < -0.4 is 5.73 Å². The number of aromatic nitrogens is 4. The van der Waals surface area contributed by atoms with Gasteiger partial charge in [-0.1, -0.05) is 17.9 Å². The van der Waals surface area contributed by atoms with Crippen molar-refractivity contribution in [3.63, 3.8) is 0 Å². The molecular formula is C19H15N5OS. The zero-order valence-electron chi connectivity index (χ0n) is 13.9. The molecule has 0 bridgehead atoms. The predicted octanol–water partition coefficient (Wildman–Crippen LogP) is 2.72. The highest BCUT2D eigenvalue weighted by molar-refractivity contribution is 7.09. The largest absolute Gasteiger partial charge is 0.371 e. The minimum atomic E-state index is -1.29. The molecule has 0 radical (unpaired) electrons. The number of rotatable bonds is 2. The molecule has 0 aliphatic carbocycles. The van der Waals surface area contributed by atoms with E-state index in [0.717, 1.165) is 22.3 Å². The second kappa shape index (κ2) is 6.26. The van der Waals surface area contributed by atoms with Crippen LogP contribution in [0.1, 0.15) is 17.5 Å². The SMILES string of the molecule is CC(O)(C#Cc1cccc(-n2ccc3cnc(N)nc32)c1)c1nccs1. The Bertz CT molecular complexity index is 1140. The van der Waals surface area contributed by atoms with Crippen LogP contribution in [0.25, 0.3) is 16.7 Å². The Balaban J connectivity index is 1.72. The van der Waals surface area contributed by atoms with Crippen LogP contribution >= 0.6 is 11.3 Å². The lowest BCUT2D eigenvalue weighted by Crippen LogP contribution is -2.17. The Kier molecular flexibility index (Phi) is 3.92. The van der Waals surface area contributed by atoms with Gasteiger partial charge in [-0.15, -0.1) is 11.3 Å². The van der Waals surface area contributed by atoms with Gasteiger partial charge < -0.3 is 15.4 Å². The standard InChI is InChI=1S/C19H15N5OS/c1-19(25,17-21-8-10-26-17)7-5-13-3-2-4-15(11-13)24-9-6-14-12-22-18(20)23-16(14)24/h2-4,6,8-12,25H,1H3,(H2,20,22,23). The van der Waals surface area contributed by atoms with Crippen molar-refractivity contribution < 1.29 is 5.11 Å². The molecule has 128 valence electrons. The molecule has 0 aliphatic rings.